The van der Waals surface area contributed by atoms with Crippen molar-refractivity contribution in [2.45, 2.75) is 18.1 Å². The van der Waals surface area contributed by atoms with Gasteiger partial charge in [-0.2, -0.15) is 11.8 Å². The minimum absolute atomic E-state index is 0.186. The van der Waals surface area contributed by atoms with Crippen molar-refractivity contribution in [2.75, 3.05) is 26.0 Å². The van der Waals surface area contributed by atoms with Gasteiger partial charge in [0, 0.05) is 29.1 Å². The van der Waals surface area contributed by atoms with Crippen molar-refractivity contribution < 1.29 is 9.53 Å². The van der Waals surface area contributed by atoms with E-state index in [1.807, 2.05) is 59.1 Å². The zero-order valence-electron chi connectivity index (χ0n) is 14.3. The molecule has 1 aliphatic heterocycles. The first-order valence-electron chi connectivity index (χ1n) is 8.44. The molecule has 1 saturated heterocycles. The minimum Gasteiger partial charge on any atom is -0.497 e. The summed E-state index contributed by atoms with van der Waals surface area (Å²) in [6, 6.07) is 15.7. The summed E-state index contributed by atoms with van der Waals surface area (Å²) in [4.78, 5) is 14.6. The van der Waals surface area contributed by atoms with Crippen molar-refractivity contribution in [3.05, 3.63) is 64.7 Å². The van der Waals surface area contributed by atoms with Crippen LogP contribution >= 0.6 is 23.4 Å². The zero-order valence-corrected chi connectivity index (χ0v) is 15.9. The van der Waals surface area contributed by atoms with Crippen molar-refractivity contribution in [3.63, 3.8) is 0 Å². The molecule has 0 radical (unpaired) electrons. The summed E-state index contributed by atoms with van der Waals surface area (Å²) in [6.07, 6.45) is 1.37. The number of hydrogen-bond acceptors (Lipinski definition) is 3. The first kappa shape index (κ1) is 18.2. The summed E-state index contributed by atoms with van der Waals surface area (Å²) in [5, 5.41) is 1.17. The molecule has 1 amide bonds. The highest BCUT2D eigenvalue weighted by Crippen LogP contribution is 2.37. The van der Waals surface area contributed by atoms with Gasteiger partial charge in [0.2, 0.25) is 5.91 Å². The number of benzene rings is 2. The van der Waals surface area contributed by atoms with E-state index in [2.05, 4.69) is 6.07 Å². The number of hydrogen-bond donors (Lipinski definition) is 0. The first-order valence-corrected chi connectivity index (χ1v) is 9.87. The van der Waals surface area contributed by atoms with Crippen LogP contribution < -0.4 is 4.74 Å². The molecule has 1 atom stereocenters. The molecule has 0 aromatic heterocycles. The fraction of sp³-hybridized carbons (Fsp3) is 0.350. The molecule has 2 aromatic rings. The van der Waals surface area contributed by atoms with E-state index in [4.69, 9.17) is 16.3 Å². The van der Waals surface area contributed by atoms with Crippen LogP contribution in [0.2, 0.25) is 5.02 Å². The molecule has 0 saturated carbocycles. The second-order valence-corrected chi connectivity index (χ2v) is 7.79. The summed E-state index contributed by atoms with van der Waals surface area (Å²) in [5.74, 6) is 1.93. The molecule has 0 spiro atoms. The lowest BCUT2D eigenvalue weighted by molar-refractivity contribution is -0.130. The van der Waals surface area contributed by atoms with Gasteiger partial charge in [-0.25, -0.2) is 0 Å². The molecular weight excluding hydrogens is 354 g/mol. The summed E-state index contributed by atoms with van der Waals surface area (Å²) in [6.45, 7) is 1.57. The van der Waals surface area contributed by atoms with Gasteiger partial charge >= 0.3 is 0 Å². The van der Waals surface area contributed by atoms with Crippen molar-refractivity contribution in [3.8, 4) is 5.75 Å². The van der Waals surface area contributed by atoms with Crippen molar-refractivity contribution in [2.24, 2.45) is 0 Å². The van der Waals surface area contributed by atoms with Crippen LogP contribution in [0.15, 0.2) is 48.5 Å². The van der Waals surface area contributed by atoms with E-state index in [9.17, 15) is 4.79 Å². The Balaban J connectivity index is 1.60. The standard InChI is InChI=1S/C20H22ClNO2S/c1-24-16-8-6-15(7-9-16)14-20(23)22-11-10-19(25-13-12-22)17-4-2-3-5-18(17)21/h2-9,19H,10-14H2,1H3. The van der Waals surface area contributed by atoms with E-state index >= 15 is 0 Å². The van der Waals surface area contributed by atoms with Gasteiger partial charge in [-0.05, 0) is 35.7 Å². The quantitative estimate of drug-likeness (QED) is 0.782. The Morgan fingerprint density at radius 3 is 2.68 bits per heavy atom. The van der Waals surface area contributed by atoms with E-state index in [-0.39, 0.29) is 5.91 Å². The number of amides is 1. The molecule has 132 valence electrons. The van der Waals surface area contributed by atoms with E-state index in [1.165, 1.54) is 5.56 Å². The molecule has 3 rings (SSSR count). The third kappa shape index (κ3) is 4.71. The number of rotatable bonds is 4. The fourth-order valence-corrected chi connectivity index (χ4v) is 4.63. The van der Waals surface area contributed by atoms with E-state index < -0.39 is 0 Å². The Bertz CT molecular complexity index is 720. The number of halogens is 1. The van der Waals surface area contributed by atoms with E-state index in [1.54, 1.807) is 7.11 Å². The Labute approximate surface area is 158 Å². The SMILES string of the molecule is COc1ccc(CC(=O)N2CCSC(c3ccccc3Cl)CC2)cc1. The van der Waals surface area contributed by atoms with Gasteiger partial charge in [0.05, 0.1) is 13.5 Å². The number of ether oxygens (including phenoxy) is 1. The predicted molar refractivity (Wildman–Crippen MR) is 105 cm³/mol. The van der Waals surface area contributed by atoms with Crippen molar-refractivity contribution >= 4 is 29.3 Å². The lowest BCUT2D eigenvalue weighted by Gasteiger charge is -2.20. The average molecular weight is 376 g/mol. The van der Waals surface area contributed by atoms with Gasteiger partial charge in [0.15, 0.2) is 0 Å². The van der Waals surface area contributed by atoms with Crippen LogP contribution in [-0.4, -0.2) is 36.8 Å². The molecule has 1 heterocycles. The first-order chi connectivity index (χ1) is 12.2. The molecule has 0 N–H and O–H groups in total. The third-order valence-corrected chi connectivity index (χ3v) is 6.12. The number of methoxy groups -OCH3 is 1. The van der Waals surface area contributed by atoms with Crippen molar-refractivity contribution in [1.82, 2.24) is 4.90 Å². The molecule has 3 nitrogen and oxygen atoms in total. The average Bonchev–Trinajstić information content (AvgIpc) is 2.89. The van der Waals surface area contributed by atoms with Gasteiger partial charge in [-0.3, -0.25) is 4.79 Å². The summed E-state index contributed by atoms with van der Waals surface area (Å²) < 4.78 is 5.16. The second-order valence-electron chi connectivity index (χ2n) is 6.08. The minimum atomic E-state index is 0.186. The second kappa shape index (κ2) is 8.63. The van der Waals surface area contributed by atoms with Crippen LogP contribution in [-0.2, 0) is 11.2 Å². The van der Waals surface area contributed by atoms with Gasteiger partial charge in [0.25, 0.3) is 0 Å². The highest BCUT2D eigenvalue weighted by Gasteiger charge is 2.23. The Hall–Kier alpha value is -1.65. The van der Waals surface area contributed by atoms with Crippen LogP contribution in [0.3, 0.4) is 0 Å². The molecule has 1 unspecified atom stereocenters. The third-order valence-electron chi connectivity index (χ3n) is 4.46. The Kier molecular flexibility index (Phi) is 6.27. The largest absolute Gasteiger partial charge is 0.497 e. The summed E-state index contributed by atoms with van der Waals surface area (Å²) in [7, 11) is 1.64. The number of thioether (sulfide) groups is 1. The highest BCUT2D eigenvalue weighted by atomic mass is 35.5. The van der Waals surface area contributed by atoms with Crippen LogP contribution in [0.4, 0.5) is 0 Å². The van der Waals surface area contributed by atoms with Crippen LogP contribution in [0.1, 0.15) is 22.8 Å². The monoisotopic (exact) mass is 375 g/mol. The maximum absolute atomic E-state index is 12.6. The molecule has 0 bridgehead atoms. The van der Waals surface area contributed by atoms with Crippen LogP contribution in [0.5, 0.6) is 5.75 Å². The fourth-order valence-electron chi connectivity index (χ4n) is 3.03. The van der Waals surface area contributed by atoms with Gasteiger partial charge in [-0.15, -0.1) is 0 Å². The molecule has 0 aliphatic carbocycles. The molecular formula is C20H22ClNO2S. The highest BCUT2D eigenvalue weighted by molar-refractivity contribution is 7.99. The van der Waals surface area contributed by atoms with Crippen molar-refractivity contribution in [1.29, 1.82) is 0 Å². The van der Waals surface area contributed by atoms with E-state index in [0.29, 0.717) is 11.7 Å². The van der Waals surface area contributed by atoms with Gasteiger partial charge in [0.1, 0.15) is 5.75 Å². The normalized spacial score (nSPS) is 17.8. The lowest BCUT2D eigenvalue weighted by atomic mass is 10.1. The van der Waals surface area contributed by atoms with Gasteiger partial charge in [-0.1, -0.05) is 41.9 Å². The number of carbonyl (C=O) groups excluding carboxylic acids is 1. The maximum atomic E-state index is 12.6. The summed E-state index contributed by atoms with van der Waals surface area (Å²) in [5.41, 5.74) is 2.20. The lowest BCUT2D eigenvalue weighted by Crippen LogP contribution is -2.34. The number of nitrogens with zero attached hydrogens (tertiary/aromatic N) is 1. The predicted octanol–water partition coefficient (Wildman–Crippen LogP) is 4.60. The molecule has 25 heavy (non-hydrogen) atoms. The van der Waals surface area contributed by atoms with Gasteiger partial charge < -0.3 is 9.64 Å². The van der Waals surface area contributed by atoms with Crippen LogP contribution in [0.25, 0.3) is 0 Å². The zero-order chi connectivity index (χ0) is 17.6. The smallest absolute Gasteiger partial charge is 0.227 e. The summed E-state index contributed by atoms with van der Waals surface area (Å²) >= 11 is 8.23. The Morgan fingerprint density at radius 2 is 1.96 bits per heavy atom. The molecule has 1 aliphatic rings. The molecule has 5 heteroatoms. The topological polar surface area (TPSA) is 29.5 Å². The van der Waals surface area contributed by atoms with E-state index in [0.717, 1.165) is 41.6 Å². The molecule has 2 aromatic carbocycles. The Morgan fingerprint density at radius 1 is 1.20 bits per heavy atom. The molecule has 1 fully saturated rings. The maximum Gasteiger partial charge on any atom is 0.227 e. The number of carbonyl (C=O) groups is 1. The van der Waals surface area contributed by atoms with Crippen LogP contribution in [0, 0.1) is 0 Å².